The largest absolute Gasteiger partial charge is 0.463 e. The zero-order valence-electron chi connectivity index (χ0n) is 37.9. The number of aromatic nitrogens is 5. The highest BCUT2D eigenvalue weighted by Gasteiger charge is 2.40. The number of piperidine rings is 2. The summed E-state index contributed by atoms with van der Waals surface area (Å²) in [4.78, 5) is 54.8. The number of carbonyl (C=O) groups excluding carboxylic acids is 4. The number of ether oxygens (including phenoxy) is 4. The van der Waals surface area contributed by atoms with Crippen molar-refractivity contribution in [1.82, 2.24) is 39.7 Å². The smallest absolute Gasteiger partial charge is 0.305 e. The molecular formula is C50H56N8O8S. The fraction of sp³-hybridized carbons (Fsp3) is 0.460. The van der Waals surface area contributed by atoms with Gasteiger partial charge in [-0.25, -0.2) is 0 Å². The summed E-state index contributed by atoms with van der Waals surface area (Å²) in [6, 6.07) is 15.7. The molecule has 0 spiro atoms. The molecule has 4 aliphatic rings. The van der Waals surface area contributed by atoms with Gasteiger partial charge in [-0.1, -0.05) is 54.3 Å². The minimum absolute atomic E-state index is 0.125. The predicted octanol–water partition coefficient (Wildman–Crippen LogP) is 4.93. The molecule has 0 radical (unpaired) electrons. The summed E-state index contributed by atoms with van der Waals surface area (Å²) in [5, 5.41) is 16.6. The maximum absolute atomic E-state index is 13.2. The van der Waals surface area contributed by atoms with Gasteiger partial charge >= 0.3 is 5.97 Å². The Labute approximate surface area is 393 Å². The molecule has 3 aromatic heterocycles. The topological polar surface area (TPSA) is 172 Å². The van der Waals surface area contributed by atoms with Gasteiger partial charge in [0.25, 0.3) is 5.91 Å². The van der Waals surface area contributed by atoms with Gasteiger partial charge in [-0.05, 0) is 92.8 Å². The van der Waals surface area contributed by atoms with Gasteiger partial charge in [0.1, 0.15) is 30.1 Å². The molecule has 0 saturated carbocycles. The Hall–Kier alpha value is -6.03. The number of likely N-dealkylation sites (tertiary alicyclic amines) is 1. The minimum Gasteiger partial charge on any atom is -0.463 e. The first kappa shape index (κ1) is 46.1. The van der Waals surface area contributed by atoms with E-state index in [0.29, 0.717) is 77.1 Å². The van der Waals surface area contributed by atoms with Crippen LogP contribution in [0.1, 0.15) is 98.8 Å². The van der Waals surface area contributed by atoms with Crippen LogP contribution in [-0.4, -0.2) is 117 Å². The van der Waals surface area contributed by atoms with E-state index in [1.165, 1.54) is 11.1 Å². The second kappa shape index (κ2) is 21.7. The quantitative estimate of drug-likeness (QED) is 0.0545. The van der Waals surface area contributed by atoms with E-state index in [2.05, 4.69) is 72.3 Å². The lowest BCUT2D eigenvalue weighted by atomic mass is 9.87. The van der Waals surface area contributed by atoms with Crippen LogP contribution >= 0.6 is 11.3 Å². The van der Waals surface area contributed by atoms with Gasteiger partial charge in [-0.15, -0.1) is 21.5 Å². The van der Waals surface area contributed by atoms with Crippen LogP contribution in [0.4, 0.5) is 0 Å². The highest BCUT2D eigenvalue weighted by atomic mass is 32.1. The van der Waals surface area contributed by atoms with Gasteiger partial charge < -0.3 is 28.7 Å². The van der Waals surface area contributed by atoms with Crippen LogP contribution in [0.15, 0.2) is 60.9 Å². The molecule has 0 bridgehead atoms. The molecule has 16 nitrogen and oxygen atoms in total. The van der Waals surface area contributed by atoms with Gasteiger partial charge in [0, 0.05) is 49.8 Å². The van der Waals surface area contributed by atoms with Gasteiger partial charge in [0.2, 0.25) is 11.8 Å². The number of esters is 1. The molecule has 7 heterocycles. The monoisotopic (exact) mass is 928 g/mol. The molecular weight excluding hydrogens is 873 g/mol. The number of rotatable bonds is 18. The van der Waals surface area contributed by atoms with Crippen LogP contribution in [-0.2, 0) is 72.5 Å². The summed E-state index contributed by atoms with van der Waals surface area (Å²) in [5.41, 5.74) is 7.14. The number of hydrogen-bond acceptors (Lipinski definition) is 13. The Morgan fingerprint density at radius 1 is 0.910 bits per heavy atom. The third-order valence-corrected chi connectivity index (χ3v) is 14.1. The number of carbonyl (C=O) groups is 4. The number of amides is 3. The number of nitrogens with one attached hydrogen (secondary N) is 1. The third-order valence-electron chi connectivity index (χ3n) is 12.9. The zero-order valence-corrected chi connectivity index (χ0v) is 38.7. The van der Waals surface area contributed by atoms with E-state index in [4.69, 9.17) is 18.9 Å². The lowest BCUT2D eigenvalue weighted by Crippen LogP contribution is -2.52. The number of benzene rings is 2. The van der Waals surface area contributed by atoms with Gasteiger partial charge in [-0.2, -0.15) is 5.10 Å². The number of thiophene rings is 1. The van der Waals surface area contributed by atoms with Crippen molar-refractivity contribution in [3.63, 3.8) is 0 Å². The maximum Gasteiger partial charge on any atom is 0.305 e. The molecule has 17 heteroatoms. The van der Waals surface area contributed by atoms with Gasteiger partial charge in [-0.3, -0.25) is 33.7 Å². The van der Waals surface area contributed by atoms with E-state index in [1.807, 2.05) is 31.3 Å². The summed E-state index contributed by atoms with van der Waals surface area (Å²) in [6.07, 6.45) is 8.90. The normalized spacial score (nSPS) is 17.4. The molecule has 2 aromatic carbocycles. The standard InChI is InChI=1S/C50H56N8O8S/c1-34-53-54-45-33-65-32-42-40(28-35-7-3-2-4-8-35)44(67-50(42)58(34)45)14-12-37-29-51-56(30-37)18-6-11-47(60)66-26-25-64-24-23-63-22-21-55-19-16-36(17-20-55)27-38-9-5-10-39-41(38)31-57(49(39)62)43-13-15-46(59)52-48(43)61/h2-5,7-10,29-30,36,43H,6,11,13,15-28,31-33H2,1H3,(H,52,59,61). The van der Waals surface area contributed by atoms with E-state index in [1.54, 1.807) is 27.1 Å². The lowest BCUT2D eigenvalue weighted by Gasteiger charge is -2.32. The number of hydrogen-bond donors (Lipinski definition) is 1. The summed E-state index contributed by atoms with van der Waals surface area (Å²) in [7, 11) is 0. The minimum atomic E-state index is -0.602. The first-order valence-electron chi connectivity index (χ1n) is 23.3. The Balaban J connectivity index is 0.630. The number of aryl methyl sites for hydroxylation is 2. The average Bonchev–Trinajstić information content (AvgIpc) is 4.08. The average molecular weight is 929 g/mol. The Morgan fingerprint density at radius 3 is 2.57 bits per heavy atom. The van der Waals surface area contributed by atoms with Crippen molar-refractivity contribution in [2.45, 2.75) is 90.6 Å². The second-order valence-electron chi connectivity index (χ2n) is 17.5. The Bertz CT molecular complexity index is 2640. The first-order valence-corrected chi connectivity index (χ1v) is 24.1. The summed E-state index contributed by atoms with van der Waals surface area (Å²) < 4.78 is 26.8. The van der Waals surface area contributed by atoms with Crippen LogP contribution in [0.25, 0.3) is 5.00 Å². The van der Waals surface area contributed by atoms with Crippen LogP contribution in [0.3, 0.4) is 0 Å². The van der Waals surface area contributed by atoms with Gasteiger partial charge in [0.05, 0.1) is 49.7 Å². The van der Waals surface area contributed by atoms with Crippen molar-refractivity contribution in [2.75, 3.05) is 52.7 Å². The van der Waals surface area contributed by atoms with Crippen molar-refractivity contribution in [2.24, 2.45) is 5.92 Å². The molecule has 9 rings (SSSR count). The number of fused-ring (bicyclic) bond motifs is 4. The van der Waals surface area contributed by atoms with E-state index in [-0.39, 0.29) is 43.1 Å². The molecule has 67 heavy (non-hydrogen) atoms. The van der Waals surface area contributed by atoms with Crippen molar-refractivity contribution in [1.29, 1.82) is 0 Å². The van der Waals surface area contributed by atoms with E-state index >= 15 is 0 Å². The van der Waals surface area contributed by atoms with Crippen LogP contribution in [0.2, 0.25) is 0 Å². The Kier molecular flexibility index (Phi) is 14.9. The predicted molar refractivity (Wildman–Crippen MR) is 247 cm³/mol. The van der Waals surface area contributed by atoms with E-state index in [0.717, 1.165) is 89.1 Å². The van der Waals surface area contributed by atoms with E-state index in [9.17, 15) is 19.2 Å². The molecule has 2 fully saturated rings. The van der Waals surface area contributed by atoms with Crippen molar-refractivity contribution < 1.29 is 38.1 Å². The Morgan fingerprint density at radius 2 is 1.73 bits per heavy atom. The molecule has 350 valence electrons. The molecule has 3 amide bonds. The van der Waals surface area contributed by atoms with Crippen molar-refractivity contribution in [3.05, 3.63) is 116 Å². The number of nitrogens with zero attached hydrogens (tertiary/aromatic N) is 7. The fourth-order valence-corrected chi connectivity index (χ4v) is 10.6. The highest BCUT2D eigenvalue weighted by molar-refractivity contribution is 7.15. The zero-order chi connectivity index (χ0) is 46.1. The van der Waals surface area contributed by atoms with Gasteiger partial charge in [0.15, 0.2) is 5.82 Å². The maximum atomic E-state index is 13.2. The number of imide groups is 1. The van der Waals surface area contributed by atoms with Crippen molar-refractivity contribution >= 4 is 35.0 Å². The molecule has 5 aromatic rings. The summed E-state index contributed by atoms with van der Waals surface area (Å²) in [6.45, 7) is 8.67. The highest BCUT2D eigenvalue weighted by Crippen LogP contribution is 2.37. The molecule has 4 aliphatic heterocycles. The first-order chi connectivity index (χ1) is 32.8. The molecule has 2 saturated heterocycles. The molecule has 0 aliphatic carbocycles. The van der Waals surface area contributed by atoms with Crippen LogP contribution < -0.4 is 5.32 Å². The van der Waals surface area contributed by atoms with Crippen LogP contribution in [0, 0.1) is 24.7 Å². The molecule has 1 unspecified atom stereocenters. The SMILES string of the molecule is Cc1nnc2n1-c1sc(C#Cc3cnn(CCCC(=O)OCCOCCOCCN4CCC(Cc5cccc6c5CN(C5CCC(=O)NC5=O)C6=O)CC4)c3)c(Cc3ccccc3)c1COC2. The molecule has 1 atom stereocenters. The molecule has 1 N–H and O–H groups in total. The lowest BCUT2D eigenvalue weighted by molar-refractivity contribution is -0.145. The van der Waals surface area contributed by atoms with Crippen molar-refractivity contribution in [3.8, 4) is 16.8 Å². The van der Waals surface area contributed by atoms with Crippen LogP contribution in [0.5, 0.6) is 0 Å². The van der Waals surface area contributed by atoms with E-state index < -0.39 is 6.04 Å². The fourth-order valence-electron chi connectivity index (χ4n) is 9.34. The summed E-state index contributed by atoms with van der Waals surface area (Å²) >= 11 is 1.64. The second-order valence-corrected chi connectivity index (χ2v) is 18.5. The third kappa shape index (κ3) is 11.2. The summed E-state index contributed by atoms with van der Waals surface area (Å²) in [5.74, 6) is 7.81.